The van der Waals surface area contributed by atoms with E-state index in [-0.39, 0.29) is 17.9 Å². The number of carbonyl (C=O) groups excluding carboxylic acids is 1. The van der Waals surface area contributed by atoms with Gasteiger partial charge in [-0.15, -0.1) is 0 Å². The Balaban J connectivity index is 2.10. The monoisotopic (exact) mass is 311 g/mol. The van der Waals surface area contributed by atoms with Crippen LogP contribution in [0.5, 0.6) is 0 Å². The van der Waals surface area contributed by atoms with E-state index >= 15 is 0 Å². The Labute approximate surface area is 136 Å². The van der Waals surface area contributed by atoms with Crippen LogP contribution in [0.15, 0.2) is 48.5 Å². The van der Waals surface area contributed by atoms with Gasteiger partial charge < -0.3 is 10.0 Å². The molecule has 0 spiro atoms. The minimum absolute atomic E-state index is 0.00158. The topological polar surface area (TPSA) is 57.6 Å². The Hall–Kier alpha value is -2.62. The van der Waals surface area contributed by atoms with Crippen LogP contribution in [0.2, 0.25) is 0 Å². The molecule has 0 aliphatic rings. The molecule has 0 atom stereocenters. The van der Waals surface area contributed by atoms with E-state index in [4.69, 9.17) is 5.11 Å². The highest BCUT2D eigenvalue weighted by Crippen LogP contribution is 2.13. The first-order valence-corrected chi connectivity index (χ1v) is 7.65. The summed E-state index contributed by atoms with van der Waals surface area (Å²) < 4.78 is 0. The summed E-state index contributed by atoms with van der Waals surface area (Å²) in [4.78, 5) is 25.3. The van der Waals surface area contributed by atoms with Crippen LogP contribution in [0, 0.1) is 6.92 Å². The fourth-order valence-corrected chi connectivity index (χ4v) is 2.47. The summed E-state index contributed by atoms with van der Waals surface area (Å²) in [6, 6.07) is 14.5. The number of amides is 1. The molecule has 23 heavy (non-hydrogen) atoms. The summed E-state index contributed by atoms with van der Waals surface area (Å²) in [5.74, 6) is -0.982. The van der Waals surface area contributed by atoms with Crippen molar-refractivity contribution in [3.63, 3.8) is 0 Å². The van der Waals surface area contributed by atoms with Crippen molar-refractivity contribution in [1.82, 2.24) is 4.90 Å². The van der Waals surface area contributed by atoms with Crippen LogP contribution < -0.4 is 0 Å². The second-order valence-corrected chi connectivity index (χ2v) is 5.52. The minimum atomic E-state index is -0.980. The van der Waals surface area contributed by atoms with Crippen LogP contribution in [-0.2, 0) is 17.8 Å². The number of likely N-dealkylation sites (N-methyl/N-ethyl adjacent to an activating group) is 1. The first-order valence-electron chi connectivity index (χ1n) is 7.65. The summed E-state index contributed by atoms with van der Waals surface area (Å²) in [6.45, 7) is 5.17. The molecule has 1 N–H and O–H groups in total. The zero-order valence-electron chi connectivity index (χ0n) is 13.5. The molecule has 2 aromatic rings. The Morgan fingerprint density at radius 1 is 1.09 bits per heavy atom. The van der Waals surface area contributed by atoms with Crippen LogP contribution in [0.4, 0.5) is 0 Å². The van der Waals surface area contributed by atoms with Crippen molar-refractivity contribution in [2.24, 2.45) is 0 Å². The average Bonchev–Trinajstić information content (AvgIpc) is 2.54. The van der Waals surface area contributed by atoms with E-state index in [1.165, 1.54) is 6.07 Å². The molecule has 0 aliphatic carbocycles. The molecule has 120 valence electrons. The number of rotatable bonds is 6. The smallest absolute Gasteiger partial charge is 0.335 e. The van der Waals surface area contributed by atoms with Crippen LogP contribution in [-0.4, -0.2) is 28.4 Å². The zero-order chi connectivity index (χ0) is 16.8. The lowest BCUT2D eigenvalue weighted by atomic mass is 10.1. The Morgan fingerprint density at radius 3 is 2.48 bits per heavy atom. The standard InChI is InChI=1S/C19H21NO3/c1-3-20(13-17-9-5-4-7-14(17)2)18(21)12-15-8-6-10-16(11-15)19(22)23/h4-11H,3,12-13H2,1-2H3,(H,22,23). The summed E-state index contributed by atoms with van der Waals surface area (Å²) in [7, 11) is 0. The number of aryl methyl sites for hydroxylation is 1. The molecule has 4 heteroatoms. The van der Waals surface area contributed by atoms with E-state index in [1.54, 1.807) is 23.1 Å². The number of nitrogens with zero attached hydrogens (tertiary/aromatic N) is 1. The van der Waals surface area contributed by atoms with Crippen molar-refractivity contribution in [1.29, 1.82) is 0 Å². The predicted molar refractivity (Wildman–Crippen MR) is 89.4 cm³/mol. The Morgan fingerprint density at radius 2 is 1.83 bits per heavy atom. The molecule has 0 bridgehead atoms. The average molecular weight is 311 g/mol. The van der Waals surface area contributed by atoms with E-state index in [2.05, 4.69) is 0 Å². The number of hydrogen-bond donors (Lipinski definition) is 1. The lowest BCUT2D eigenvalue weighted by molar-refractivity contribution is -0.130. The van der Waals surface area contributed by atoms with Gasteiger partial charge in [0, 0.05) is 13.1 Å². The quantitative estimate of drug-likeness (QED) is 0.890. The maximum Gasteiger partial charge on any atom is 0.335 e. The molecule has 0 fully saturated rings. The molecular weight excluding hydrogens is 290 g/mol. The van der Waals surface area contributed by atoms with Gasteiger partial charge in [0.1, 0.15) is 0 Å². The van der Waals surface area contributed by atoms with Gasteiger partial charge in [-0.25, -0.2) is 4.79 Å². The molecule has 0 saturated heterocycles. The van der Waals surface area contributed by atoms with Gasteiger partial charge in [0.25, 0.3) is 0 Å². The van der Waals surface area contributed by atoms with Gasteiger partial charge in [-0.05, 0) is 42.7 Å². The van der Waals surface area contributed by atoms with Gasteiger partial charge in [-0.1, -0.05) is 36.4 Å². The van der Waals surface area contributed by atoms with E-state index in [0.717, 1.165) is 16.7 Å². The van der Waals surface area contributed by atoms with Crippen LogP contribution in [0.1, 0.15) is 34.0 Å². The normalized spacial score (nSPS) is 10.3. The lowest BCUT2D eigenvalue weighted by Gasteiger charge is -2.22. The number of carbonyl (C=O) groups is 2. The van der Waals surface area contributed by atoms with Gasteiger partial charge in [0.05, 0.1) is 12.0 Å². The third-order valence-electron chi connectivity index (χ3n) is 3.89. The molecule has 0 aliphatic heterocycles. The molecule has 2 rings (SSSR count). The maximum atomic E-state index is 12.5. The fraction of sp³-hybridized carbons (Fsp3) is 0.263. The molecule has 0 radical (unpaired) electrons. The molecule has 2 aromatic carbocycles. The zero-order valence-corrected chi connectivity index (χ0v) is 13.5. The van der Waals surface area contributed by atoms with Crippen LogP contribution in [0.3, 0.4) is 0 Å². The molecule has 1 amide bonds. The molecule has 0 unspecified atom stereocenters. The molecule has 0 heterocycles. The Bertz CT molecular complexity index is 709. The van der Waals surface area contributed by atoms with Crippen LogP contribution >= 0.6 is 0 Å². The summed E-state index contributed by atoms with van der Waals surface area (Å²) in [5, 5.41) is 9.03. The first kappa shape index (κ1) is 16.7. The highest BCUT2D eigenvalue weighted by Gasteiger charge is 2.14. The molecular formula is C19H21NO3. The van der Waals surface area contributed by atoms with E-state index in [1.807, 2.05) is 38.1 Å². The summed E-state index contributed by atoms with van der Waals surface area (Å²) in [6.07, 6.45) is 0.209. The van der Waals surface area contributed by atoms with Crippen molar-refractivity contribution in [2.75, 3.05) is 6.54 Å². The van der Waals surface area contributed by atoms with E-state index in [0.29, 0.717) is 13.1 Å². The van der Waals surface area contributed by atoms with Crippen molar-refractivity contribution < 1.29 is 14.7 Å². The number of hydrogen-bond acceptors (Lipinski definition) is 2. The second-order valence-electron chi connectivity index (χ2n) is 5.52. The van der Waals surface area contributed by atoms with Gasteiger partial charge in [0.15, 0.2) is 0 Å². The third kappa shape index (κ3) is 4.42. The summed E-state index contributed by atoms with van der Waals surface area (Å²) >= 11 is 0. The van der Waals surface area contributed by atoms with Crippen molar-refractivity contribution >= 4 is 11.9 Å². The van der Waals surface area contributed by atoms with Gasteiger partial charge in [-0.3, -0.25) is 4.79 Å². The first-order chi connectivity index (χ1) is 11.0. The predicted octanol–water partition coefficient (Wildman–Crippen LogP) is 3.28. The summed E-state index contributed by atoms with van der Waals surface area (Å²) in [5.41, 5.74) is 3.21. The van der Waals surface area contributed by atoms with Gasteiger partial charge >= 0.3 is 5.97 Å². The van der Waals surface area contributed by atoms with Crippen molar-refractivity contribution in [2.45, 2.75) is 26.8 Å². The second kappa shape index (κ2) is 7.58. The largest absolute Gasteiger partial charge is 0.478 e. The number of carboxylic acids is 1. The van der Waals surface area contributed by atoms with Crippen LogP contribution in [0.25, 0.3) is 0 Å². The molecule has 0 aromatic heterocycles. The van der Waals surface area contributed by atoms with E-state index < -0.39 is 5.97 Å². The molecule has 0 saturated carbocycles. The third-order valence-corrected chi connectivity index (χ3v) is 3.89. The number of carboxylic acid groups (broad SMARTS) is 1. The van der Waals surface area contributed by atoms with Crippen molar-refractivity contribution in [3.8, 4) is 0 Å². The van der Waals surface area contributed by atoms with Crippen molar-refractivity contribution in [3.05, 3.63) is 70.8 Å². The highest BCUT2D eigenvalue weighted by atomic mass is 16.4. The maximum absolute atomic E-state index is 12.5. The highest BCUT2D eigenvalue weighted by molar-refractivity contribution is 5.88. The number of benzene rings is 2. The Kier molecular flexibility index (Phi) is 5.52. The lowest BCUT2D eigenvalue weighted by Crippen LogP contribution is -2.31. The van der Waals surface area contributed by atoms with Gasteiger partial charge in [-0.2, -0.15) is 0 Å². The SMILES string of the molecule is CCN(Cc1ccccc1C)C(=O)Cc1cccc(C(=O)O)c1. The molecule has 4 nitrogen and oxygen atoms in total. The fourth-order valence-electron chi connectivity index (χ4n) is 2.47. The van der Waals surface area contributed by atoms with E-state index in [9.17, 15) is 9.59 Å². The van der Waals surface area contributed by atoms with Gasteiger partial charge in [0.2, 0.25) is 5.91 Å². The number of aromatic carboxylic acids is 1. The minimum Gasteiger partial charge on any atom is -0.478 e.